The first-order valence-corrected chi connectivity index (χ1v) is 9.47. The van der Waals surface area contributed by atoms with Crippen LogP contribution in [0.5, 0.6) is 0 Å². The first-order chi connectivity index (χ1) is 13.7. The molecule has 0 amide bonds. The molecule has 144 valence electrons. The molecule has 0 heterocycles. The van der Waals surface area contributed by atoms with Crippen molar-refractivity contribution in [3.05, 3.63) is 11.6 Å². The fraction of sp³-hybridized carbons (Fsp3) is 0.810. The largest absolute Gasteiger partial charge is 0.393 e. The molecule has 4 aliphatic carbocycles. The Balaban J connectivity index is 1.97. The van der Waals surface area contributed by atoms with E-state index in [1.165, 1.54) is 6.92 Å². The highest BCUT2D eigenvalue weighted by molar-refractivity contribution is 5.89. The number of aliphatic hydroxyl groups excluding tert-OH is 1. The number of hydrogen-bond donors (Lipinski definition) is 3. The van der Waals surface area contributed by atoms with Crippen LogP contribution in [0, 0.1) is 28.6 Å². The number of ketones is 2. The van der Waals surface area contributed by atoms with Gasteiger partial charge in [0.25, 0.3) is 0 Å². The lowest BCUT2D eigenvalue weighted by atomic mass is 9.46. The molecular weight excluding hydrogens is 332 g/mol. The highest BCUT2D eigenvalue weighted by Gasteiger charge is 2.67. The summed E-state index contributed by atoms with van der Waals surface area (Å²) in [6, 6.07) is 0. The van der Waals surface area contributed by atoms with E-state index >= 15 is 0 Å². The van der Waals surface area contributed by atoms with Gasteiger partial charge in [-0.25, -0.2) is 0 Å². The van der Waals surface area contributed by atoms with Crippen molar-refractivity contribution in [3.63, 3.8) is 0 Å². The Bertz CT molecular complexity index is 856. The van der Waals surface area contributed by atoms with E-state index < -0.39 is 59.0 Å². The molecule has 4 rings (SSSR count). The highest BCUT2D eigenvalue weighted by atomic mass is 16.3. The average Bonchev–Trinajstić information content (AvgIpc) is 2.96. The van der Waals surface area contributed by atoms with Crippen LogP contribution in [0.1, 0.15) is 64.2 Å². The molecule has 5 heteroatoms. The molecule has 0 bridgehead atoms. The normalized spacial score (nSPS) is 60.3. The number of hydrogen-bond acceptors (Lipinski definition) is 5. The zero-order valence-electron chi connectivity index (χ0n) is 19.3. The molecule has 0 saturated heterocycles. The Labute approximate surface area is 160 Å². The van der Waals surface area contributed by atoms with Gasteiger partial charge < -0.3 is 15.3 Å². The van der Waals surface area contributed by atoms with E-state index in [0.717, 1.165) is 0 Å². The van der Waals surface area contributed by atoms with Crippen LogP contribution in [0.3, 0.4) is 0 Å². The number of Topliss-reactive ketones (excluding diaryl/α,β-unsaturated/α-hetero) is 2. The minimum atomic E-state index is -2.96. The van der Waals surface area contributed by atoms with E-state index in [1.54, 1.807) is 6.92 Å². The van der Waals surface area contributed by atoms with Gasteiger partial charge in [-0.05, 0) is 55.2 Å². The van der Waals surface area contributed by atoms with Crippen molar-refractivity contribution in [2.75, 3.05) is 6.61 Å². The van der Waals surface area contributed by atoms with Crippen molar-refractivity contribution >= 4 is 11.6 Å². The summed E-state index contributed by atoms with van der Waals surface area (Å²) in [5.41, 5.74) is -4.48. The Morgan fingerprint density at radius 1 is 1.42 bits per heavy atom. The Morgan fingerprint density at radius 2 is 2.15 bits per heavy atom. The predicted molar refractivity (Wildman–Crippen MR) is 95.1 cm³/mol. The number of aliphatic hydroxyl groups is 3. The first-order valence-electron chi connectivity index (χ1n) is 11.5. The van der Waals surface area contributed by atoms with Crippen LogP contribution >= 0.6 is 0 Å². The maximum Gasteiger partial charge on any atom is 0.190 e. The Kier molecular flexibility index (Phi) is 3.09. The van der Waals surface area contributed by atoms with Gasteiger partial charge in [-0.3, -0.25) is 9.59 Å². The quantitative estimate of drug-likeness (QED) is 0.648. The van der Waals surface area contributed by atoms with E-state index in [4.69, 9.17) is 4.11 Å². The maximum atomic E-state index is 12.6. The van der Waals surface area contributed by atoms with Crippen LogP contribution in [0.25, 0.3) is 0 Å². The molecule has 4 aliphatic rings. The minimum absolute atomic E-state index is 0.0294. The monoisotopic (exact) mass is 366 g/mol. The minimum Gasteiger partial charge on any atom is -0.393 e. The SMILES string of the molecule is [2H]C1([2H])[C@]([2H])(O)[C@@]2([2H])[C@@H](CC=C3CC(=O)CC[C@@]32C)[C@@H]2CC[C@](O)(C(=O)CO)[C@]21C. The number of carbonyl (C=O) groups is 2. The third-order valence-electron chi connectivity index (χ3n) is 7.73. The topological polar surface area (TPSA) is 94.8 Å². The van der Waals surface area contributed by atoms with Gasteiger partial charge in [0.05, 0.1) is 7.45 Å². The highest BCUT2D eigenvalue weighted by Crippen LogP contribution is 2.67. The van der Waals surface area contributed by atoms with E-state index in [2.05, 4.69) is 0 Å². The summed E-state index contributed by atoms with van der Waals surface area (Å²) in [5, 5.41) is 32.3. The van der Waals surface area contributed by atoms with Gasteiger partial charge in [0.2, 0.25) is 0 Å². The summed E-state index contributed by atoms with van der Waals surface area (Å²) >= 11 is 0. The smallest absolute Gasteiger partial charge is 0.190 e. The van der Waals surface area contributed by atoms with Crippen molar-refractivity contribution in [3.8, 4) is 0 Å². The summed E-state index contributed by atoms with van der Waals surface area (Å²) in [6.45, 7) is 2.15. The zero-order valence-corrected chi connectivity index (χ0v) is 15.3. The summed E-state index contributed by atoms with van der Waals surface area (Å²) in [7, 11) is 0. The van der Waals surface area contributed by atoms with E-state index in [0.29, 0.717) is 5.57 Å². The lowest BCUT2D eigenvalue weighted by Crippen LogP contribution is -2.61. The summed E-state index contributed by atoms with van der Waals surface area (Å²) in [4.78, 5) is 24.6. The molecule has 0 aromatic carbocycles. The van der Waals surface area contributed by atoms with Crippen molar-refractivity contribution in [1.82, 2.24) is 0 Å². The molecule has 0 aromatic rings. The predicted octanol–water partition coefficient (Wildman–Crippen LogP) is 1.78. The van der Waals surface area contributed by atoms with Gasteiger partial charge in [-0.15, -0.1) is 0 Å². The molecule has 3 saturated carbocycles. The van der Waals surface area contributed by atoms with E-state index in [1.807, 2.05) is 6.08 Å². The second-order valence-corrected chi connectivity index (χ2v) is 8.80. The third kappa shape index (κ3) is 2.14. The molecule has 0 unspecified atom stereocenters. The Morgan fingerprint density at radius 3 is 2.85 bits per heavy atom. The van der Waals surface area contributed by atoms with Crippen molar-refractivity contribution in [1.29, 1.82) is 0 Å². The number of allylic oxidation sites excluding steroid dienone is 2. The van der Waals surface area contributed by atoms with Crippen molar-refractivity contribution < 1.29 is 30.4 Å². The molecule has 5 nitrogen and oxygen atoms in total. The molecule has 0 aromatic heterocycles. The molecule has 0 spiro atoms. The first kappa shape index (κ1) is 14.0. The van der Waals surface area contributed by atoms with Crippen LogP contribution in [0.2, 0.25) is 0 Å². The number of rotatable bonds is 2. The van der Waals surface area contributed by atoms with E-state index in [9.17, 15) is 26.3 Å². The molecule has 3 fully saturated rings. The summed E-state index contributed by atoms with van der Waals surface area (Å²) in [6.07, 6.45) is -2.89. The van der Waals surface area contributed by atoms with E-state index in [-0.39, 0.29) is 44.3 Å². The molecule has 0 aliphatic heterocycles. The number of fused-ring (bicyclic) bond motifs is 5. The molecule has 3 N–H and O–H groups in total. The second kappa shape index (κ2) is 5.73. The van der Waals surface area contributed by atoms with Gasteiger partial charge >= 0.3 is 0 Å². The Hall–Kier alpha value is -1.04. The van der Waals surface area contributed by atoms with Crippen molar-refractivity contribution in [2.24, 2.45) is 28.6 Å². The maximum absolute atomic E-state index is 12.6. The van der Waals surface area contributed by atoms with Crippen LogP contribution in [-0.4, -0.2) is 45.2 Å². The van der Waals surface area contributed by atoms with Gasteiger partial charge in [-0.1, -0.05) is 25.5 Å². The molecular formula is C21H30O5. The van der Waals surface area contributed by atoms with Gasteiger partial charge in [0.15, 0.2) is 5.78 Å². The average molecular weight is 366 g/mol. The molecule has 0 radical (unpaired) electrons. The molecule has 7 atom stereocenters. The van der Waals surface area contributed by atoms with Gasteiger partial charge in [0, 0.05) is 22.4 Å². The van der Waals surface area contributed by atoms with Crippen LogP contribution in [-0.2, 0) is 9.59 Å². The van der Waals surface area contributed by atoms with Gasteiger partial charge in [0.1, 0.15) is 18.0 Å². The molecule has 26 heavy (non-hydrogen) atoms. The fourth-order valence-corrected chi connectivity index (χ4v) is 6.14. The second-order valence-electron chi connectivity index (χ2n) is 8.80. The zero-order chi connectivity index (χ0) is 22.5. The number of carbonyl (C=O) groups excluding carboxylic acids is 2. The summed E-state index contributed by atoms with van der Waals surface area (Å²) in [5.74, 6) is -4.20. The fourth-order valence-electron chi connectivity index (χ4n) is 6.14. The summed E-state index contributed by atoms with van der Waals surface area (Å²) < 4.78 is 36.2. The lowest BCUT2D eigenvalue weighted by Gasteiger charge is -2.59. The standard InChI is InChI=1S/C21H30O5/c1-19-7-5-13(23)9-12(19)3-4-14-15-6-8-21(26,17(25)11-22)20(15,2)10-16(24)18(14)19/h3,14-16,18,22,24,26H,4-11H2,1-2H3/t14-,15-,16-,18+,19-,20-,21-/m0/s1/i10D2,16D,18D. The third-order valence-corrected chi connectivity index (χ3v) is 7.73. The van der Waals surface area contributed by atoms with Gasteiger partial charge in [-0.2, -0.15) is 0 Å². The van der Waals surface area contributed by atoms with Crippen LogP contribution < -0.4 is 0 Å². The lowest BCUT2D eigenvalue weighted by molar-refractivity contribution is -0.180. The van der Waals surface area contributed by atoms with Crippen molar-refractivity contribution in [2.45, 2.75) is 70.4 Å². The van der Waals surface area contributed by atoms with Crippen LogP contribution in [0.4, 0.5) is 0 Å². The van der Waals surface area contributed by atoms with Crippen LogP contribution in [0.15, 0.2) is 11.6 Å².